The normalized spacial score (nSPS) is 11.8. The molecule has 4 nitrogen and oxygen atoms in total. The third-order valence-electron chi connectivity index (χ3n) is 10.4. The number of benzene rings is 8. The van der Waals surface area contributed by atoms with Crippen molar-refractivity contribution < 1.29 is 9.15 Å². The van der Waals surface area contributed by atoms with Crippen LogP contribution in [0.2, 0.25) is 0 Å². The predicted octanol–water partition coefficient (Wildman–Crippen LogP) is 13.2. The first-order chi connectivity index (χ1) is 25.8. The summed E-state index contributed by atoms with van der Waals surface area (Å²) in [6, 6.07) is 64.1. The van der Waals surface area contributed by atoms with Crippen LogP contribution in [-0.4, -0.2) is 9.13 Å². The van der Waals surface area contributed by atoms with Crippen LogP contribution in [0.5, 0.6) is 11.5 Å². The van der Waals surface area contributed by atoms with Gasteiger partial charge < -0.3 is 18.3 Å². The second-order valence-corrected chi connectivity index (χ2v) is 13.4. The van der Waals surface area contributed by atoms with Gasteiger partial charge in [-0.15, -0.1) is 0 Å². The highest BCUT2D eigenvalue weighted by molar-refractivity contribution is 6.13. The Labute approximate surface area is 298 Å². The number of ether oxygens (including phenoxy) is 1. The number of nitrogens with zero attached hydrogens (tertiary/aromatic N) is 2. The van der Waals surface area contributed by atoms with Crippen LogP contribution in [0, 0.1) is 0 Å². The van der Waals surface area contributed by atoms with E-state index in [1.54, 1.807) is 0 Å². The first-order valence-electron chi connectivity index (χ1n) is 17.6. The molecule has 0 saturated heterocycles. The van der Waals surface area contributed by atoms with Gasteiger partial charge in [0.15, 0.2) is 0 Å². The number of para-hydroxylation sites is 4. The Morgan fingerprint density at radius 3 is 1.50 bits per heavy atom. The Morgan fingerprint density at radius 2 is 0.827 bits per heavy atom. The second-order valence-electron chi connectivity index (χ2n) is 13.4. The van der Waals surface area contributed by atoms with E-state index in [9.17, 15) is 0 Å². The van der Waals surface area contributed by atoms with Gasteiger partial charge in [-0.2, -0.15) is 0 Å². The molecular weight excluding hydrogens is 637 g/mol. The van der Waals surface area contributed by atoms with Gasteiger partial charge in [-0.25, -0.2) is 0 Å². The van der Waals surface area contributed by atoms with E-state index < -0.39 is 0 Å². The summed E-state index contributed by atoms with van der Waals surface area (Å²) >= 11 is 0. The molecule has 244 valence electrons. The second kappa shape index (κ2) is 11.2. The summed E-state index contributed by atoms with van der Waals surface area (Å²) in [6.07, 6.45) is 0. The van der Waals surface area contributed by atoms with Crippen molar-refractivity contribution >= 4 is 65.6 Å². The largest absolute Gasteiger partial charge is 0.457 e. The molecule has 0 atom stereocenters. The highest BCUT2D eigenvalue weighted by Gasteiger charge is 2.17. The van der Waals surface area contributed by atoms with Crippen molar-refractivity contribution in [1.82, 2.24) is 9.13 Å². The van der Waals surface area contributed by atoms with Crippen LogP contribution in [0.4, 0.5) is 0 Å². The molecule has 0 aliphatic rings. The van der Waals surface area contributed by atoms with E-state index in [4.69, 9.17) is 9.15 Å². The van der Waals surface area contributed by atoms with Crippen molar-refractivity contribution in [1.29, 1.82) is 0 Å². The van der Waals surface area contributed by atoms with Crippen molar-refractivity contribution in [3.63, 3.8) is 0 Å². The summed E-state index contributed by atoms with van der Waals surface area (Å²) in [7, 11) is 0. The fraction of sp³-hybridized carbons (Fsp3) is 0. The predicted molar refractivity (Wildman–Crippen MR) is 214 cm³/mol. The molecule has 3 aromatic heterocycles. The lowest BCUT2D eigenvalue weighted by molar-refractivity contribution is 0.482. The molecule has 0 N–H and O–H groups in total. The lowest BCUT2D eigenvalue weighted by Gasteiger charge is -2.11. The Kier molecular flexibility index (Phi) is 6.22. The van der Waals surface area contributed by atoms with Crippen LogP contribution >= 0.6 is 0 Å². The minimum Gasteiger partial charge on any atom is -0.457 e. The van der Waals surface area contributed by atoms with Gasteiger partial charge in [0.25, 0.3) is 0 Å². The number of rotatable bonds is 5. The van der Waals surface area contributed by atoms with Gasteiger partial charge >= 0.3 is 0 Å². The molecule has 11 aromatic rings. The van der Waals surface area contributed by atoms with E-state index in [2.05, 4.69) is 137 Å². The van der Waals surface area contributed by atoms with Gasteiger partial charge in [0.2, 0.25) is 0 Å². The first-order valence-corrected chi connectivity index (χ1v) is 17.6. The maximum Gasteiger partial charge on any atom is 0.137 e. The van der Waals surface area contributed by atoms with Crippen molar-refractivity contribution in [3.8, 4) is 34.0 Å². The Hall–Kier alpha value is -7.04. The topological polar surface area (TPSA) is 32.2 Å². The fourth-order valence-electron chi connectivity index (χ4n) is 8.00. The number of hydrogen-bond donors (Lipinski definition) is 0. The molecule has 8 aromatic carbocycles. The van der Waals surface area contributed by atoms with Crippen molar-refractivity contribution in [3.05, 3.63) is 182 Å². The molecule has 11 rings (SSSR count). The third kappa shape index (κ3) is 4.41. The van der Waals surface area contributed by atoms with E-state index in [0.717, 1.165) is 50.3 Å². The molecule has 0 fully saturated rings. The highest BCUT2D eigenvalue weighted by Crippen LogP contribution is 2.39. The van der Waals surface area contributed by atoms with Gasteiger partial charge in [-0.3, -0.25) is 0 Å². The molecule has 0 aliphatic carbocycles. The number of hydrogen-bond acceptors (Lipinski definition) is 2. The van der Waals surface area contributed by atoms with Crippen LogP contribution in [-0.2, 0) is 0 Å². The zero-order chi connectivity index (χ0) is 34.2. The van der Waals surface area contributed by atoms with Gasteiger partial charge in [0.1, 0.15) is 22.7 Å². The van der Waals surface area contributed by atoms with Gasteiger partial charge in [-0.1, -0.05) is 84.9 Å². The number of aromatic nitrogens is 2. The van der Waals surface area contributed by atoms with Crippen LogP contribution in [0.25, 0.3) is 88.1 Å². The number of furan rings is 1. The van der Waals surface area contributed by atoms with Gasteiger partial charge in [0, 0.05) is 49.8 Å². The summed E-state index contributed by atoms with van der Waals surface area (Å²) in [4.78, 5) is 0. The van der Waals surface area contributed by atoms with Gasteiger partial charge in [-0.05, 0) is 102 Å². The Morgan fingerprint density at radius 1 is 0.327 bits per heavy atom. The molecule has 0 aliphatic heterocycles. The van der Waals surface area contributed by atoms with Crippen LogP contribution < -0.4 is 4.74 Å². The van der Waals surface area contributed by atoms with Gasteiger partial charge in [0.05, 0.1) is 22.1 Å². The summed E-state index contributed by atoms with van der Waals surface area (Å²) in [6.45, 7) is 0. The molecule has 0 saturated carbocycles. The summed E-state index contributed by atoms with van der Waals surface area (Å²) < 4.78 is 17.1. The lowest BCUT2D eigenvalue weighted by atomic mass is 10.0. The average molecular weight is 667 g/mol. The quantitative estimate of drug-likeness (QED) is 0.183. The zero-order valence-electron chi connectivity index (χ0n) is 28.0. The SMILES string of the molecule is c1ccc(Oc2ccc(-n3c4ccccc4c4cc(-c5ccc6c(c5)c5ccccc5n6-c5ccc6c(c5)oc5ccccc56)ccc43)cc2)cc1. The van der Waals surface area contributed by atoms with Crippen molar-refractivity contribution in [2.45, 2.75) is 0 Å². The van der Waals surface area contributed by atoms with Crippen LogP contribution in [0.15, 0.2) is 186 Å². The Bertz CT molecular complexity index is 3150. The molecule has 0 bridgehead atoms. The molecule has 3 heterocycles. The molecule has 0 radical (unpaired) electrons. The van der Waals surface area contributed by atoms with Crippen molar-refractivity contribution in [2.24, 2.45) is 0 Å². The zero-order valence-corrected chi connectivity index (χ0v) is 28.0. The first kappa shape index (κ1) is 28.8. The maximum absolute atomic E-state index is 6.29. The Balaban J connectivity index is 1.02. The molecule has 0 unspecified atom stereocenters. The lowest BCUT2D eigenvalue weighted by Crippen LogP contribution is -1.94. The molecular formula is C48H30N2O2. The minimum atomic E-state index is 0.810. The van der Waals surface area contributed by atoms with Crippen molar-refractivity contribution in [2.75, 3.05) is 0 Å². The van der Waals surface area contributed by atoms with E-state index >= 15 is 0 Å². The molecule has 0 spiro atoms. The molecule has 52 heavy (non-hydrogen) atoms. The monoisotopic (exact) mass is 666 g/mol. The minimum absolute atomic E-state index is 0.810. The smallest absolute Gasteiger partial charge is 0.137 e. The van der Waals surface area contributed by atoms with Crippen LogP contribution in [0.3, 0.4) is 0 Å². The van der Waals surface area contributed by atoms with Crippen LogP contribution in [0.1, 0.15) is 0 Å². The molecule has 4 heteroatoms. The summed E-state index contributed by atoms with van der Waals surface area (Å²) in [5.74, 6) is 1.64. The average Bonchev–Trinajstić information content (AvgIpc) is 3.85. The summed E-state index contributed by atoms with van der Waals surface area (Å²) in [5.41, 5.74) is 11.0. The maximum atomic E-state index is 6.29. The third-order valence-corrected chi connectivity index (χ3v) is 10.4. The molecule has 0 amide bonds. The van der Waals surface area contributed by atoms with E-state index in [0.29, 0.717) is 0 Å². The standard InChI is InChI=1S/C48H30N2O2/c1-2-10-35(11-3-1)51-36-23-20-33(21-24-36)49-43-15-7-4-12-37(43)41-28-31(18-26-45(41)49)32-19-27-46-42(29-32)38-13-5-8-16-44(38)50(46)34-22-25-40-39-14-6-9-17-47(39)52-48(40)30-34/h1-30H. The highest BCUT2D eigenvalue weighted by atomic mass is 16.5. The summed E-state index contributed by atoms with van der Waals surface area (Å²) in [5, 5.41) is 7.16. The van der Waals surface area contributed by atoms with E-state index in [1.165, 1.54) is 49.2 Å². The fourth-order valence-corrected chi connectivity index (χ4v) is 8.00. The number of fused-ring (bicyclic) bond motifs is 9. The van der Waals surface area contributed by atoms with E-state index in [-0.39, 0.29) is 0 Å². The van der Waals surface area contributed by atoms with E-state index in [1.807, 2.05) is 54.6 Å².